The molecule has 0 saturated heterocycles. The van der Waals surface area contributed by atoms with Crippen LogP contribution < -0.4 is 0 Å². The summed E-state index contributed by atoms with van der Waals surface area (Å²) in [5.74, 6) is 0. The van der Waals surface area contributed by atoms with E-state index in [4.69, 9.17) is 0 Å². The second-order valence-electron chi connectivity index (χ2n) is 1.68. The van der Waals surface area contributed by atoms with Crippen molar-refractivity contribution in [2.75, 3.05) is 0 Å². The number of alkyl halides is 4. The van der Waals surface area contributed by atoms with E-state index < -0.39 is 25.2 Å². The first-order valence-corrected chi connectivity index (χ1v) is 2.57. The zero-order valence-corrected chi connectivity index (χ0v) is 4.91. The fraction of sp³-hybridized carbons (Fsp3) is 0.800. The Morgan fingerprint density at radius 2 is 1.60 bits per heavy atom. The van der Waals surface area contributed by atoms with Crippen molar-refractivity contribution in [2.45, 2.75) is 25.2 Å². The Morgan fingerprint density at radius 3 is 1.90 bits per heavy atom. The maximum absolute atomic E-state index is 11.9. The molecule has 5 heteroatoms. The molecule has 0 aromatic carbocycles. The van der Waals surface area contributed by atoms with Gasteiger partial charge in [0.1, 0.15) is 12.8 Å². The van der Waals surface area contributed by atoms with Gasteiger partial charge in [-0.15, -0.1) is 0 Å². The number of hydrogen-bond donors (Lipinski definition) is 0. The first-order valence-electron chi connectivity index (χ1n) is 2.57. The molecule has 0 amide bonds. The molecule has 0 nitrogen and oxygen atoms in total. The van der Waals surface area contributed by atoms with Crippen LogP contribution in [0.4, 0.5) is 22.0 Å². The predicted molar refractivity (Wildman–Crippen MR) is 25.8 cm³/mol. The highest BCUT2D eigenvalue weighted by molar-refractivity contribution is 4.72. The average molecular weight is 161 g/mol. The molecule has 0 aromatic heterocycles. The normalized spacial score (nSPS) is 17.4. The van der Waals surface area contributed by atoms with Gasteiger partial charge in [0.25, 0.3) is 6.43 Å². The van der Waals surface area contributed by atoms with Crippen LogP contribution in [-0.2, 0) is 0 Å². The number of hydrogen-bond acceptors (Lipinski definition) is 0. The topological polar surface area (TPSA) is 0 Å². The molecule has 0 N–H and O–H groups in total. The van der Waals surface area contributed by atoms with Crippen molar-refractivity contribution >= 4 is 0 Å². The molecule has 0 rings (SSSR count). The third-order valence-corrected chi connectivity index (χ3v) is 0.901. The second kappa shape index (κ2) is 4.46. The van der Waals surface area contributed by atoms with E-state index in [9.17, 15) is 22.0 Å². The molecule has 10 heavy (non-hydrogen) atoms. The summed E-state index contributed by atoms with van der Waals surface area (Å²) in [5, 5.41) is 0. The Bertz CT molecular complexity index is 84.1. The molecule has 0 spiro atoms. The summed E-state index contributed by atoms with van der Waals surface area (Å²) >= 11 is 0. The van der Waals surface area contributed by atoms with Gasteiger partial charge in [-0.1, -0.05) is 0 Å². The molecule has 0 aromatic rings. The summed E-state index contributed by atoms with van der Waals surface area (Å²) in [5.41, 5.74) is 0. The van der Waals surface area contributed by atoms with Crippen molar-refractivity contribution in [3.63, 3.8) is 0 Å². The zero-order valence-electron chi connectivity index (χ0n) is 4.91. The smallest absolute Gasteiger partial charge is 0.244 e. The number of halogens is 5. The van der Waals surface area contributed by atoms with E-state index in [0.29, 0.717) is 0 Å². The minimum Gasteiger partial charge on any atom is -0.244 e. The van der Waals surface area contributed by atoms with Gasteiger partial charge in [-0.25, -0.2) is 22.0 Å². The summed E-state index contributed by atoms with van der Waals surface area (Å²) in [6.45, 7) is -0.181. The fourth-order valence-electron chi connectivity index (χ4n) is 0.373. The van der Waals surface area contributed by atoms with E-state index in [1.54, 1.807) is 0 Å². The van der Waals surface area contributed by atoms with E-state index in [1.165, 1.54) is 0 Å². The van der Waals surface area contributed by atoms with Crippen molar-refractivity contribution in [3.8, 4) is 0 Å². The van der Waals surface area contributed by atoms with Gasteiger partial charge >= 0.3 is 0 Å². The zero-order chi connectivity index (χ0) is 8.15. The highest BCUT2D eigenvalue weighted by atomic mass is 19.3. The average Bonchev–Trinajstić information content (AvgIpc) is 1.87. The Hall–Kier alpha value is -0.350. The molecule has 0 saturated carbocycles. The standard InChI is InChI=1S/C5H6F5/c6-2-1-3(7)4(8)5(9)10/h2-5H,1H2. The molecule has 2 unspecified atom stereocenters. The third kappa shape index (κ3) is 2.98. The van der Waals surface area contributed by atoms with Crippen molar-refractivity contribution in [1.29, 1.82) is 0 Å². The molecular formula is C5H6F5. The Kier molecular flexibility index (Phi) is 4.31. The van der Waals surface area contributed by atoms with Gasteiger partial charge in [0.2, 0.25) is 0 Å². The minimum atomic E-state index is -3.38. The molecule has 0 aliphatic rings. The molecule has 0 aliphatic carbocycles. The largest absolute Gasteiger partial charge is 0.272 e. The predicted octanol–water partition coefficient (Wildman–Crippen LogP) is 2.45. The first-order chi connectivity index (χ1) is 4.59. The monoisotopic (exact) mass is 161 g/mol. The molecule has 61 valence electrons. The van der Waals surface area contributed by atoms with Gasteiger partial charge in [-0.2, -0.15) is 0 Å². The van der Waals surface area contributed by atoms with Gasteiger partial charge in [-0.3, -0.25) is 0 Å². The first kappa shape index (κ1) is 9.65. The highest BCUT2D eigenvalue weighted by Crippen LogP contribution is 2.16. The van der Waals surface area contributed by atoms with Crippen molar-refractivity contribution in [1.82, 2.24) is 0 Å². The van der Waals surface area contributed by atoms with Crippen molar-refractivity contribution in [3.05, 3.63) is 6.67 Å². The quantitative estimate of drug-likeness (QED) is 0.555. The summed E-state index contributed by atoms with van der Waals surface area (Å²) in [6, 6.07) is 0. The van der Waals surface area contributed by atoms with E-state index >= 15 is 0 Å². The van der Waals surface area contributed by atoms with Crippen LogP contribution in [0.1, 0.15) is 6.42 Å². The lowest BCUT2D eigenvalue weighted by Gasteiger charge is -2.09. The van der Waals surface area contributed by atoms with Gasteiger partial charge < -0.3 is 0 Å². The van der Waals surface area contributed by atoms with E-state index in [-0.39, 0.29) is 6.67 Å². The lowest BCUT2D eigenvalue weighted by atomic mass is 10.2. The maximum atomic E-state index is 11.9. The molecule has 0 aliphatic heterocycles. The van der Waals surface area contributed by atoms with Crippen LogP contribution in [0.2, 0.25) is 0 Å². The lowest BCUT2D eigenvalue weighted by molar-refractivity contribution is 0.00211. The van der Waals surface area contributed by atoms with Gasteiger partial charge in [-0.05, 0) is 0 Å². The minimum absolute atomic E-state index is 0.181. The highest BCUT2D eigenvalue weighted by Gasteiger charge is 2.29. The Morgan fingerprint density at radius 1 is 1.10 bits per heavy atom. The van der Waals surface area contributed by atoms with Crippen LogP contribution in [0, 0.1) is 6.67 Å². The van der Waals surface area contributed by atoms with Gasteiger partial charge in [0.15, 0.2) is 6.17 Å². The summed E-state index contributed by atoms with van der Waals surface area (Å²) in [4.78, 5) is 0. The Balaban J connectivity index is 3.58. The third-order valence-electron chi connectivity index (χ3n) is 0.901. The van der Waals surface area contributed by atoms with Gasteiger partial charge in [0, 0.05) is 6.42 Å². The SMILES string of the molecule is F[CH]CC(F)C(F)C(F)F. The fourth-order valence-corrected chi connectivity index (χ4v) is 0.373. The van der Waals surface area contributed by atoms with Crippen LogP contribution in [0.3, 0.4) is 0 Å². The molecular weight excluding hydrogens is 155 g/mol. The van der Waals surface area contributed by atoms with E-state index in [2.05, 4.69) is 0 Å². The molecule has 2 atom stereocenters. The van der Waals surface area contributed by atoms with Crippen LogP contribution in [0.25, 0.3) is 0 Å². The van der Waals surface area contributed by atoms with Crippen LogP contribution in [0.5, 0.6) is 0 Å². The van der Waals surface area contributed by atoms with Crippen LogP contribution >= 0.6 is 0 Å². The Labute approximate surface area is 55.0 Å². The van der Waals surface area contributed by atoms with Crippen LogP contribution in [0.15, 0.2) is 0 Å². The summed E-state index contributed by atoms with van der Waals surface area (Å²) in [6.07, 6.45) is -9.63. The molecule has 0 fully saturated rings. The maximum Gasteiger partial charge on any atom is 0.272 e. The van der Waals surface area contributed by atoms with Crippen molar-refractivity contribution in [2.24, 2.45) is 0 Å². The number of rotatable bonds is 4. The summed E-state index contributed by atoms with van der Waals surface area (Å²) < 4.78 is 57.3. The van der Waals surface area contributed by atoms with Crippen LogP contribution in [-0.4, -0.2) is 18.8 Å². The second-order valence-corrected chi connectivity index (χ2v) is 1.68. The summed E-state index contributed by atoms with van der Waals surface area (Å²) in [7, 11) is 0. The van der Waals surface area contributed by atoms with E-state index in [0.717, 1.165) is 0 Å². The van der Waals surface area contributed by atoms with Gasteiger partial charge in [0.05, 0.1) is 0 Å². The molecule has 0 bridgehead atoms. The molecule has 1 radical (unpaired) electrons. The lowest BCUT2D eigenvalue weighted by Crippen LogP contribution is -2.24. The van der Waals surface area contributed by atoms with E-state index in [1.807, 2.05) is 0 Å². The van der Waals surface area contributed by atoms with Crippen molar-refractivity contribution < 1.29 is 22.0 Å². The molecule has 0 heterocycles.